The molecular formula is C21H14O2. The van der Waals surface area contributed by atoms with Crippen molar-refractivity contribution in [3.05, 3.63) is 108 Å². The van der Waals surface area contributed by atoms with Gasteiger partial charge in [0.15, 0.2) is 0 Å². The Hall–Kier alpha value is -3.00. The van der Waals surface area contributed by atoms with E-state index in [0.29, 0.717) is 0 Å². The Morgan fingerprint density at radius 2 is 1.00 bits per heavy atom. The minimum Gasteiger partial charge on any atom is -0.468 e. The van der Waals surface area contributed by atoms with Gasteiger partial charge in [-0.2, -0.15) is 0 Å². The second-order valence-electron chi connectivity index (χ2n) is 5.80. The summed E-state index contributed by atoms with van der Waals surface area (Å²) in [6.45, 7) is 0. The molecule has 0 atom stereocenters. The Morgan fingerprint density at radius 1 is 0.522 bits per heavy atom. The van der Waals surface area contributed by atoms with Crippen molar-refractivity contribution < 1.29 is 8.83 Å². The molecule has 0 radical (unpaired) electrons. The number of hydrogen-bond donors (Lipinski definition) is 0. The number of benzene rings is 2. The van der Waals surface area contributed by atoms with Crippen LogP contribution in [0.15, 0.2) is 94.2 Å². The smallest absolute Gasteiger partial charge is 0.137 e. The van der Waals surface area contributed by atoms with Crippen LogP contribution in [0, 0.1) is 0 Å². The Balaban J connectivity index is 1.99. The second-order valence-corrected chi connectivity index (χ2v) is 5.80. The standard InChI is InChI=1S/C21H14O2/c1-3-9-17-15(7-1)16-8-2-4-10-18(16)21(17,19-11-5-13-22-19)20-12-6-14-23-20/h1-14H. The molecule has 0 saturated carbocycles. The summed E-state index contributed by atoms with van der Waals surface area (Å²) in [6.07, 6.45) is 3.45. The van der Waals surface area contributed by atoms with Crippen molar-refractivity contribution in [2.45, 2.75) is 5.41 Å². The third kappa shape index (κ3) is 1.48. The van der Waals surface area contributed by atoms with Gasteiger partial charge in [0.1, 0.15) is 16.9 Å². The predicted molar refractivity (Wildman–Crippen MR) is 88.3 cm³/mol. The van der Waals surface area contributed by atoms with Gasteiger partial charge in [-0.25, -0.2) is 0 Å². The zero-order valence-electron chi connectivity index (χ0n) is 12.4. The van der Waals surface area contributed by atoms with Crippen molar-refractivity contribution in [3.8, 4) is 11.1 Å². The molecule has 4 aromatic rings. The van der Waals surface area contributed by atoms with Crippen molar-refractivity contribution in [2.75, 3.05) is 0 Å². The van der Waals surface area contributed by atoms with Crippen molar-refractivity contribution >= 4 is 0 Å². The van der Waals surface area contributed by atoms with E-state index < -0.39 is 5.41 Å². The lowest BCUT2D eigenvalue weighted by molar-refractivity contribution is 0.403. The summed E-state index contributed by atoms with van der Waals surface area (Å²) in [6, 6.07) is 24.9. The quantitative estimate of drug-likeness (QED) is 0.446. The molecule has 0 fully saturated rings. The fourth-order valence-electron chi connectivity index (χ4n) is 3.87. The molecule has 0 amide bonds. The number of fused-ring (bicyclic) bond motifs is 3. The lowest BCUT2D eigenvalue weighted by Gasteiger charge is -2.27. The van der Waals surface area contributed by atoms with E-state index in [1.807, 2.05) is 24.3 Å². The maximum absolute atomic E-state index is 5.90. The van der Waals surface area contributed by atoms with Gasteiger partial charge in [-0.15, -0.1) is 0 Å². The first-order chi connectivity index (χ1) is 11.4. The van der Waals surface area contributed by atoms with Gasteiger partial charge in [-0.05, 0) is 46.5 Å². The fraction of sp³-hybridized carbons (Fsp3) is 0.0476. The monoisotopic (exact) mass is 298 g/mol. The Bertz CT molecular complexity index is 881. The second kappa shape index (κ2) is 4.50. The molecule has 110 valence electrons. The van der Waals surface area contributed by atoms with Gasteiger partial charge in [0.05, 0.1) is 12.5 Å². The molecule has 0 saturated heterocycles. The van der Waals surface area contributed by atoms with Crippen LogP contribution in [0.3, 0.4) is 0 Å². The summed E-state index contributed by atoms with van der Waals surface area (Å²) in [5.74, 6) is 1.76. The van der Waals surface area contributed by atoms with E-state index in [-0.39, 0.29) is 0 Å². The molecule has 0 N–H and O–H groups in total. The summed E-state index contributed by atoms with van der Waals surface area (Å²) in [5, 5.41) is 0. The van der Waals surface area contributed by atoms with Crippen LogP contribution in [-0.4, -0.2) is 0 Å². The summed E-state index contributed by atoms with van der Waals surface area (Å²) in [7, 11) is 0. The average Bonchev–Trinajstić information content (AvgIpc) is 3.34. The SMILES string of the molecule is c1coc(C2(c3ccco3)c3ccccc3-c3ccccc32)c1. The molecule has 0 aliphatic heterocycles. The molecule has 23 heavy (non-hydrogen) atoms. The first kappa shape index (κ1) is 12.5. The highest BCUT2D eigenvalue weighted by atomic mass is 16.3. The summed E-state index contributed by atoms with van der Waals surface area (Å²) < 4.78 is 11.8. The minimum absolute atomic E-state index is 0.528. The molecule has 0 spiro atoms. The maximum Gasteiger partial charge on any atom is 0.137 e. The molecule has 1 aliphatic rings. The topological polar surface area (TPSA) is 26.3 Å². The predicted octanol–water partition coefficient (Wildman–Crippen LogP) is 5.24. The van der Waals surface area contributed by atoms with Gasteiger partial charge in [0, 0.05) is 0 Å². The minimum atomic E-state index is -0.528. The molecule has 0 unspecified atom stereocenters. The third-order valence-electron chi connectivity index (χ3n) is 4.73. The molecule has 5 rings (SSSR count). The van der Waals surface area contributed by atoms with Crippen LogP contribution in [0.2, 0.25) is 0 Å². The van der Waals surface area contributed by atoms with Crippen molar-refractivity contribution in [2.24, 2.45) is 0 Å². The molecule has 2 aromatic heterocycles. The number of furan rings is 2. The third-order valence-corrected chi connectivity index (χ3v) is 4.73. The van der Waals surface area contributed by atoms with E-state index in [4.69, 9.17) is 8.83 Å². The van der Waals surface area contributed by atoms with Crippen LogP contribution >= 0.6 is 0 Å². The molecular weight excluding hydrogens is 284 g/mol. The Morgan fingerprint density at radius 3 is 1.43 bits per heavy atom. The Labute approximate surface area is 134 Å². The highest BCUT2D eigenvalue weighted by Gasteiger charge is 2.50. The lowest BCUT2D eigenvalue weighted by atomic mass is 9.74. The zero-order chi connectivity index (χ0) is 15.3. The normalized spacial score (nSPS) is 14.4. The van der Waals surface area contributed by atoms with Crippen molar-refractivity contribution in [1.29, 1.82) is 0 Å². The molecule has 2 nitrogen and oxygen atoms in total. The van der Waals surface area contributed by atoms with Gasteiger partial charge in [0.2, 0.25) is 0 Å². The summed E-state index contributed by atoms with van der Waals surface area (Å²) >= 11 is 0. The molecule has 1 aliphatic carbocycles. The lowest BCUT2D eigenvalue weighted by Crippen LogP contribution is -2.27. The van der Waals surface area contributed by atoms with E-state index >= 15 is 0 Å². The van der Waals surface area contributed by atoms with Crippen LogP contribution < -0.4 is 0 Å². The van der Waals surface area contributed by atoms with Gasteiger partial charge < -0.3 is 8.83 Å². The van der Waals surface area contributed by atoms with Gasteiger partial charge in [0.25, 0.3) is 0 Å². The fourth-order valence-corrected chi connectivity index (χ4v) is 3.87. The molecule has 2 heterocycles. The first-order valence-corrected chi connectivity index (χ1v) is 7.70. The van der Waals surface area contributed by atoms with Crippen LogP contribution in [0.5, 0.6) is 0 Å². The van der Waals surface area contributed by atoms with E-state index in [2.05, 4.69) is 48.5 Å². The maximum atomic E-state index is 5.90. The van der Waals surface area contributed by atoms with E-state index in [1.165, 1.54) is 22.3 Å². The molecule has 0 bridgehead atoms. The average molecular weight is 298 g/mol. The first-order valence-electron chi connectivity index (χ1n) is 7.70. The van der Waals surface area contributed by atoms with Crippen molar-refractivity contribution in [1.82, 2.24) is 0 Å². The highest BCUT2D eigenvalue weighted by molar-refractivity contribution is 5.84. The summed E-state index contributed by atoms with van der Waals surface area (Å²) in [4.78, 5) is 0. The van der Waals surface area contributed by atoms with Crippen LogP contribution in [0.25, 0.3) is 11.1 Å². The highest BCUT2D eigenvalue weighted by Crippen LogP contribution is 2.55. The van der Waals surface area contributed by atoms with Crippen LogP contribution in [-0.2, 0) is 5.41 Å². The van der Waals surface area contributed by atoms with E-state index in [0.717, 1.165) is 11.5 Å². The van der Waals surface area contributed by atoms with E-state index in [1.54, 1.807) is 12.5 Å². The molecule has 2 heteroatoms. The number of hydrogen-bond acceptors (Lipinski definition) is 2. The van der Waals surface area contributed by atoms with Gasteiger partial charge in [-0.3, -0.25) is 0 Å². The van der Waals surface area contributed by atoms with Crippen LogP contribution in [0.4, 0.5) is 0 Å². The largest absolute Gasteiger partial charge is 0.468 e. The zero-order valence-corrected chi connectivity index (χ0v) is 12.4. The van der Waals surface area contributed by atoms with Gasteiger partial charge in [-0.1, -0.05) is 48.5 Å². The summed E-state index contributed by atoms with van der Waals surface area (Å²) in [5.41, 5.74) is 4.34. The van der Waals surface area contributed by atoms with Crippen molar-refractivity contribution in [3.63, 3.8) is 0 Å². The molecule has 2 aromatic carbocycles. The Kier molecular flexibility index (Phi) is 2.45. The van der Waals surface area contributed by atoms with Crippen LogP contribution in [0.1, 0.15) is 22.6 Å². The number of rotatable bonds is 2. The van der Waals surface area contributed by atoms with E-state index in [9.17, 15) is 0 Å². The van der Waals surface area contributed by atoms with Gasteiger partial charge >= 0.3 is 0 Å².